The Kier molecular flexibility index (Phi) is 7.29. The molecule has 0 aliphatic rings. The fraction of sp³-hybridized carbons (Fsp3) is 0.500. The lowest BCUT2D eigenvalue weighted by atomic mass is 10.1. The molecule has 0 spiro atoms. The molecule has 0 bridgehead atoms. The number of aliphatic carboxylic acids is 1. The SMILES string of the molecule is CCCN(CCC)C(=O)N[C@@H](Cc1ccccc1)C(=O)O. The zero-order chi connectivity index (χ0) is 15.7. The standard InChI is InChI=1S/C16H24N2O3/c1-3-10-18(11-4-2)16(21)17-14(15(19)20)12-13-8-6-5-7-9-13/h5-9,14H,3-4,10-12H2,1-2H3,(H,17,21)(H,19,20)/t14-/m0/s1. The fourth-order valence-corrected chi connectivity index (χ4v) is 2.14. The van der Waals surface area contributed by atoms with Crippen molar-refractivity contribution in [2.45, 2.75) is 39.2 Å². The van der Waals surface area contributed by atoms with Crippen molar-refractivity contribution in [3.05, 3.63) is 35.9 Å². The summed E-state index contributed by atoms with van der Waals surface area (Å²) in [6.07, 6.45) is 1.99. The van der Waals surface area contributed by atoms with Crippen molar-refractivity contribution in [2.75, 3.05) is 13.1 Å². The molecule has 1 aromatic rings. The maximum absolute atomic E-state index is 12.2. The molecule has 0 fully saturated rings. The normalized spacial score (nSPS) is 11.7. The minimum atomic E-state index is -1.01. The molecule has 2 amide bonds. The number of hydrogen-bond donors (Lipinski definition) is 2. The van der Waals surface area contributed by atoms with Gasteiger partial charge in [0.2, 0.25) is 0 Å². The number of nitrogens with one attached hydrogen (secondary N) is 1. The molecular formula is C16H24N2O3. The lowest BCUT2D eigenvalue weighted by Crippen LogP contribution is -2.49. The molecule has 5 nitrogen and oxygen atoms in total. The van der Waals surface area contributed by atoms with Crippen molar-refractivity contribution in [3.8, 4) is 0 Å². The van der Waals surface area contributed by atoms with Crippen molar-refractivity contribution < 1.29 is 14.7 Å². The minimum Gasteiger partial charge on any atom is -0.480 e. The van der Waals surface area contributed by atoms with Crippen LogP contribution in [-0.4, -0.2) is 41.1 Å². The van der Waals surface area contributed by atoms with Gasteiger partial charge >= 0.3 is 12.0 Å². The Bertz CT molecular complexity index is 442. The van der Waals surface area contributed by atoms with E-state index >= 15 is 0 Å². The molecule has 0 radical (unpaired) electrons. The van der Waals surface area contributed by atoms with Crippen LogP contribution in [0.1, 0.15) is 32.3 Å². The quantitative estimate of drug-likeness (QED) is 0.773. The number of nitrogens with zero attached hydrogens (tertiary/aromatic N) is 1. The van der Waals surface area contributed by atoms with Gasteiger partial charge in [0.25, 0.3) is 0 Å². The molecule has 116 valence electrons. The molecular weight excluding hydrogens is 268 g/mol. The Balaban J connectivity index is 2.69. The van der Waals surface area contributed by atoms with Crippen molar-refractivity contribution in [1.82, 2.24) is 10.2 Å². The highest BCUT2D eigenvalue weighted by molar-refractivity contribution is 5.82. The van der Waals surface area contributed by atoms with Crippen molar-refractivity contribution >= 4 is 12.0 Å². The highest BCUT2D eigenvalue weighted by Gasteiger charge is 2.22. The van der Waals surface area contributed by atoms with Crippen LogP contribution in [0, 0.1) is 0 Å². The number of hydrogen-bond acceptors (Lipinski definition) is 2. The van der Waals surface area contributed by atoms with Crippen molar-refractivity contribution in [1.29, 1.82) is 0 Å². The molecule has 0 saturated carbocycles. The number of carbonyl (C=O) groups excluding carboxylic acids is 1. The summed E-state index contributed by atoms with van der Waals surface area (Å²) in [5, 5.41) is 11.9. The first-order valence-corrected chi connectivity index (χ1v) is 7.40. The van der Waals surface area contributed by atoms with E-state index in [0.717, 1.165) is 18.4 Å². The molecule has 0 heterocycles. The second-order valence-corrected chi connectivity index (χ2v) is 5.02. The predicted octanol–water partition coefficient (Wildman–Crippen LogP) is 2.51. The maximum atomic E-state index is 12.2. The smallest absolute Gasteiger partial charge is 0.326 e. The van der Waals surface area contributed by atoms with Crippen LogP contribution in [0.5, 0.6) is 0 Å². The minimum absolute atomic E-state index is 0.286. The van der Waals surface area contributed by atoms with Crippen LogP contribution in [0.3, 0.4) is 0 Å². The second-order valence-electron chi connectivity index (χ2n) is 5.02. The highest BCUT2D eigenvalue weighted by Crippen LogP contribution is 2.05. The molecule has 1 aromatic carbocycles. The Morgan fingerprint density at radius 3 is 2.19 bits per heavy atom. The Morgan fingerprint density at radius 2 is 1.71 bits per heavy atom. The van der Waals surface area contributed by atoms with Crippen LogP contribution in [0.4, 0.5) is 4.79 Å². The van der Waals surface area contributed by atoms with E-state index in [1.54, 1.807) is 4.90 Å². The van der Waals surface area contributed by atoms with Gasteiger partial charge in [0.1, 0.15) is 6.04 Å². The number of urea groups is 1. The fourth-order valence-electron chi connectivity index (χ4n) is 2.14. The van der Waals surface area contributed by atoms with Crippen LogP contribution in [0.25, 0.3) is 0 Å². The highest BCUT2D eigenvalue weighted by atomic mass is 16.4. The van der Waals surface area contributed by atoms with E-state index in [9.17, 15) is 14.7 Å². The molecule has 0 aliphatic carbocycles. The van der Waals surface area contributed by atoms with E-state index in [-0.39, 0.29) is 12.5 Å². The van der Waals surface area contributed by atoms with E-state index in [1.165, 1.54) is 0 Å². The van der Waals surface area contributed by atoms with E-state index in [1.807, 2.05) is 44.2 Å². The summed E-state index contributed by atoms with van der Waals surface area (Å²) in [5.74, 6) is -1.01. The lowest BCUT2D eigenvalue weighted by molar-refractivity contribution is -0.139. The van der Waals surface area contributed by atoms with Gasteiger partial charge in [-0.25, -0.2) is 9.59 Å². The van der Waals surface area contributed by atoms with Gasteiger partial charge < -0.3 is 15.3 Å². The number of benzene rings is 1. The van der Waals surface area contributed by atoms with Crippen LogP contribution in [0.15, 0.2) is 30.3 Å². The van der Waals surface area contributed by atoms with Crippen molar-refractivity contribution in [2.24, 2.45) is 0 Å². The summed E-state index contributed by atoms with van der Waals surface area (Å²) in [6.45, 7) is 5.26. The molecule has 0 aliphatic heterocycles. The number of rotatable bonds is 8. The average Bonchev–Trinajstić information content (AvgIpc) is 2.47. The van der Waals surface area contributed by atoms with Gasteiger partial charge in [0.15, 0.2) is 0 Å². The second kappa shape index (κ2) is 9.00. The number of carboxylic acids is 1. The van der Waals surface area contributed by atoms with Gasteiger partial charge in [-0.2, -0.15) is 0 Å². The summed E-state index contributed by atoms with van der Waals surface area (Å²) in [6, 6.07) is 8.10. The Hall–Kier alpha value is -2.04. The first kappa shape index (κ1) is 17.0. The van der Waals surface area contributed by atoms with E-state index < -0.39 is 12.0 Å². The van der Waals surface area contributed by atoms with Crippen LogP contribution in [0.2, 0.25) is 0 Å². The van der Waals surface area contributed by atoms with Crippen molar-refractivity contribution in [3.63, 3.8) is 0 Å². The molecule has 21 heavy (non-hydrogen) atoms. The molecule has 2 N–H and O–H groups in total. The molecule has 0 unspecified atom stereocenters. The number of carboxylic acid groups (broad SMARTS) is 1. The largest absolute Gasteiger partial charge is 0.480 e. The monoisotopic (exact) mass is 292 g/mol. The zero-order valence-electron chi connectivity index (χ0n) is 12.7. The number of carbonyl (C=O) groups is 2. The summed E-state index contributed by atoms with van der Waals surface area (Å²) < 4.78 is 0. The molecule has 0 aromatic heterocycles. The van der Waals surface area contributed by atoms with Gasteiger partial charge in [0, 0.05) is 19.5 Å². The third-order valence-corrected chi connectivity index (χ3v) is 3.15. The topological polar surface area (TPSA) is 69.6 Å². The van der Waals surface area contributed by atoms with Gasteiger partial charge in [0.05, 0.1) is 0 Å². The van der Waals surface area contributed by atoms with Gasteiger partial charge in [-0.3, -0.25) is 0 Å². The number of amides is 2. The van der Waals surface area contributed by atoms with Crippen LogP contribution < -0.4 is 5.32 Å². The predicted molar refractivity (Wildman–Crippen MR) is 82.3 cm³/mol. The van der Waals surface area contributed by atoms with E-state index in [2.05, 4.69) is 5.32 Å². The van der Waals surface area contributed by atoms with E-state index in [0.29, 0.717) is 13.1 Å². The lowest BCUT2D eigenvalue weighted by Gasteiger charge is -2.24. The summed E-state index contributed by atoms with van der Waals surface area (Å²) in [7, 11) is 0. The molecule has 1 atom stereocenters. The average molecular weight is 292 g/mol. The van der Waals surface area contributed by atoms with Crippen LogP contribution in [-0.2, 0) is 11.2 Å². The summed E-state index contributed by atoms with van der Waals surface area (Å²) in [4.78, 5) is 25.2. The first-order chi connectivity index (χ1) is 10.1. The Morgan fingerprint density at radius 1 is 1.14 bits per heavy atom. The van der Waals surface area contributed by atoms with Gasteiger partial charge in [-0.05, 0) is 18.4 Å². The molecule has 0 saturated heterocycles. The van der Waals surface area contributed by atoms with Gasteiger partial charge in [-0.1, -0.05) is 44.2 Å². The summed E-state index contributed by atoms with van der Waals surface area (Å²) >= 11 is 0. The molecule has 1 rings (SSSR count). The maximum Gasteiger partial charge on any atom is 0.326 e. The van der Waals surface area contributed by atoms with Gasteiger partial charge in [-0.15, -0.1) is 0 Å². The van der Waals surface area contributed by atoms with E-state index in [4.69, 9.17) is 0 Å². The third-order valence-electron chi connectivity index (χ3n) is 3.15. The molecule has 5 heteroatoms. The Labute approximate surface area is 126 Å². The van der Waals surface area contributed by atoms with Crippen LogP contribution >= 0.6 is 0 Å². The first-order valence-electron chi connectivity index (χ1n) is 7.40. The zero-order valence-corrected chi connectivity index (χ0v) is 12.7. The summed E-state index contributed by atoms with van der Waals surface area (Å²) in [5.41, 5.74) is 0.891. The third kappa shape index (κ3) is 5.85.